The zero-order valence-corrected chi connectivity index (χ0v) is 23.8. The molecule has 0 bridgehead atoms. The Hall–Kier alpha value is -5.28. The number of carboxylic acid groups (broad SMARTS) is 1. The number of alkyl carbamates (subject to hydrolysis) is 1. The molecule has 0 spiro atoms. The molecule has 8 nitrogen and oxygen atoms in total. The van der Waals surface area contributed by atoms with Crippen LogP contribution in [0.25, 0.3) is 10.8 Å². The van der Waals surface area contributed by atoms with E-state index in [0.29, 0.717) is 29.4 Å². The summed E-state index contributed by atoms with van der Waals surface area (Å²) in [6.07, 6.45) is -0.435. The molecule has 0 aromatic heterocycles. The second-order valence-corrected chi connectivity index (χ2v) is 10.6. The van der Waals surface area contributed by atoms with E-state index in [1.54, 1.807) is 54.2 Å². The standard InChI is InChI=1S/C34H28N2O6S/c37-32(36-31-9-5-4-8-30(31)33(38)39)24-10-14-27(15-11-24)42-28-16-12-26-21-29(17-13-25(26)20-28)43-19-18-35-34(40)41-22-23-6-2-1-3-7-23/h1-17,20-21H,18-19,22H2,(H,35,40)(H,36,37)(H,38,39). The number of nitrogens with one attached hydrogen (secondary N) is 2. The zero-order chi connectivity index (χ0) is 30.0. The van der Waals surface area contributed by atoms with Crippen molar-refractivity contribution in [3.8, 4) is 11.5 Å². The number of rotatable bonds is 11. The molecular formula is C34H28N2O6S. The molecule has 2 amide bonds. The van der Waals surface area contributed by atoms with Gasteiger partial charge in [-0.1, -0.05) is 54.6 Å². The van der Waals surface area contributed by atoms with Crippen LogP contribution in [0.1, 0.15) is 26.3 Å². The van der Waals surface area contributed by atoms with Crippen LogP contribution in [0.4, 0.5) is 10.5 Å². The van der Waals surface area contributed by atoms with E-state index in [1.807, 2.05) is 60.7 Å². The van der Waals surface area contributed by atoms with Crippen molar-refractivity contribution in [1.82, 2.24) is 5.32 Å². The summed E-state index contributed by atoms with van der Waals surface area (Å²) in [6.45, 7) is 0.726. The molecule has 0 fully saturated rings. The van der Waals surface area contributed by atoms with Crippen molar-refractivity contribution in [3.63, 3.8) is 0 Å². The Morgan fingerprint density at radius 1 is 0.744 bits per heavy atom. The van der Waals surface area contributed by atoms with E-state index in [2.05, 4.69) is 16.7 Å². The Labute approximate surface area is 252 Å². The number of hydrogen-bond donors (Lipinski definition) is 3. The highest BCUT2D eigenvalue weighted by Gasteiger charge is 2.13. The quantitative estimate of drug-likeness (QED) is 0.107. The van der Waals surface area contributed by atoms with E-state index >= 15 is 0 Å². The van der Waals surface area contributed by atoms with Gasteiger partial charge in [-0.25, -0.2) is 9.59 Å². The van der Waals surface area contributed by atoms with Crippen LogP contribution in [-0.2, 0) is 11.3 Å². The normalized spacial score (nSPS) is 10.6. The van der Waals surface area contributed by atoms with Crippen molar-refractivity contribution >= 4 is 46.2 Å². The van der Waals surface area contributed by atoms with E-state index in [9.17, 15) is 19.5 Å². The third kappa shape index (κ3) is 8.15. The monoisotopic (exact) mass is 592 g/mol. The summed E-state index contributed by atoms with van der Waals surface area (Å²) in [7, 11) is 0. The molecule has 0 aliphatic rings. The van der Waals surface area contributed by atoms with Crippen LogP contribution >= 0.6 is 11.8 Å². The van der Waals surface area contributed by atoms with Gasteiger partial charge in [0, 0.05) is 22.8 Å². The minimum atomic E-state index is -1.11. The van der Waals surface area contributed by atoms with Crippen LogP contribution in [0, 0.1) is 0 Å². The van der Waals surface area contributed by atoms with E-state index in [0.717, 1.165) is 21.2 Å². The number of anilines is 1. The first kappa shape index (κ1) is 29.2. The van der Waals surface area contributed by atoms with Crippen molar-refractivity contribution in [2.75, 3.05) is 17.6 Å². The van der Waals surface area contributed by atoms with Crippen LogP contribution in [-0.4, -0.2) is 35.4 Å². The maximum absolute atomic E-state index is 12.7. The summed E-state index contributed by atoms with van der Waals surface area (Å²) in [5, 5.41) is 16.8. The van der Waals surface area contributed by atoms with Crippen LogP contribution in [0.5, 0.6) is 11.5 Å². The highest BCUT2D eigenvalue weighted by atomic mass is 32.2. The lowest BCUT2D eigenvalue weighted by molar-refractivity contribution is 0.0698. The minimum Gasteiger partial charge on any atom is -0.478 e. The first-order chi connectivity index (χ1) is 20.9. The van der Waals surface area contributed by atoms with Gasteiger partial charge in [0.05, 0.1) is 11.3 Å². The lowest BCUT2D eigenvalue weighted by Crippen LogP contribution is -2.26. The molecule has 0 aliphatic carbocycles. The van der Waals surface area contributed by atoms with Gasteiger partial charge in [-0.2, -0.15) is 0 Å². The SMILES string of the molecule is O=C(NCCSc1ccc2cc(Oc3ccc(C(=O)Nc4ccccc4C(=O)O)cc3)ccc2c1)OCc1ccccc1. The number of benzene rings is 5. The van der Waals surface area contributed by atoms with Crippen molar-refractivity contribution in [1.29, 1.82) is 0 Å². The molecule has 216 valence electrons. The summed E-state index contributed by atoms with van der Waals surface area (Å²) in [6, 6.07) is 34.4. The van der Waals surface area contributed by atoms with Gasteiger partial charge in [-0.15, -0.1) is 11.8 Å². The first-order valence-corrected chi connectivity index (χ1v) is 14.5. The van der Waals surface area contributed by atoms with Crippen molar-refractivity contribution < 1.29 is 29.0 Å². The highest BCUT2D eigenvalue weighted by Crippen LogP contribution is 2.29. The smallest absolute Gasteiger partial charge is 0.407 e. The average molecular weight is 593 g/mol. The number of aromatic carboxylic acids is 1. The zero-order valence-electron chi connectivity index (χ0n) is 23.0. The predicted molar refractivity (Wildman–Crippen MR) is 167 cm³/mol. The maximum Gasteiger partial charge on any atom is 0.407 e. The molecule has 0 aliphatic heterocycles. The Bertz CT molecular complexity index is 1740. The van der Waals surface area contributed by atoms with E-state index in [4.69, 9.17) is 9.47 Å². The Morgan fingerprint density at radius 2 is 1.44 bits per heavy atom. The topological polar surface area (TPSA) is 114 Å². The number of thioether (sulfide) groups is 1. The molecule has 3 N–H and O–H groups in total. The third-order valence-corrected chi connectivity index (χ3v) is 7.39. The van der Waals surface area contributed by atoms with Gasteiger partial charge >= 0.3 is 12.1 Å². The molecule has 9 heteroatoms. The van der Waals surface area contributed by atoms with Crippen LogP contribution < -0.4 is 15.4 Å². The van der Waals surface area contributed by atoms with Gasteiger partial charge in [0.2, 0.25) is 0 Å². The number of carbonyl (C=O) groups is 3. The Balaban J connectivity index is 1.11. The fourth-order valence-electron chi connectivity index (χ4n) is 4.23. The molecule has 0 heterocycles. The molecule has 5 rings (SSSR count). The minimum absolute atomic E-state index is 0.0200. The summed E-state index contributed by atoms with van der Waals surface area (Å²) >= 11 is 1.64. The molecule has 0 saturated heterocycles. The van der Waals surface area contributed by atoms with Crippen molar-refractivity contribution in [2.24, 2.45) is 0 Å². The molecule has 5 aromatic rings. The number of carboxylic acids is 1. The molecular weight excluding hydrogens is 564 g/mol. The van der Waals surface area contributed by atoms with Gasteiger partial charge < -0.3 is 25.2 Å². The molecule has 43 heavy (non-hydrogen) atoms. The lowest BCUT2D eigenvalue weighted by atomic mass is 10.1. The number of hydrogen-bond acceptors (Lipinski definition) is 6. The fourth-order valence-corrected chi connectivity index (χ4v) is 5.05. The van der Waals surface area contributed by atoms with Crippen LogP contribution in [0.15, 0.2) is 120 Å². The molecule has 0 radical (unpaired) electrons. The third-order valence-electron chi connectivity index (χ3n) is 6.39. The molecule has 0 unspecified atom stereocenters. The van der Waals surface area contributed by atoms with E-state index in [1.165, 1.54) is 6.07 Å². The second-order valence-electron chi connectivity index (χ2n) is 9.44. The van der Waals surface area contributed by atoms with Crippen LogP contribution in [0.3, 0.4) is 0 Å². The number of para-hydroxylation sites is 1. The molecule has 0 saturated carbocycles. The Kier molecular flexibility index (Phi) is 9.56. The van der Waals surface area contributed by atoms with Gasteiger partial charge in [0.15, 0.2) is 0 Å². The average Bonchev–Trinajstić information content (AvgIpc) is 3.03. The number of amides is 2. The van der Waals surface area contributed by atoms with Gasteiger partial charge in [-0.05, 0) is 77.0 Å². The number of fused-ring (bicyclic) bond motifs is 1. The van der Waals surface area contributed by atoms with Gasteiger partial charge in [0.1, 0.15) is 18.1 Å². The molecule has 5 aromatic carbocycles. The summed E-state index contributed by atoms with van der Waals surface area (Å²) in [5.74, 6) is 0.380. The van der Waals surface area contributed by atoms with Crippen molar-refractivity contribution in [2.45, 2.75) is 11.5 Å². The largest absolute Gasteiger partial charge is 0.478 e. The molecule has 0 atom stereocenters. The van der Waals surface area contributed by atoms with Gasteiger partial charge in [0.25, 0.3) is 5.91 Å². The lowest BCUT2D eigenvalue weighted by Gasteiger charge is -2.10. The van der Waals surface area contributed by atoms with E-state index < -0.39 is 18.0 Å². The van der Waals surface area contributed by atoms with Gasteiger partial charge in [-0.3, -0.25) is 4.79 Å². The second kappa shape index (κ2) is 14.1. The first-order valence-electron chi connectivity index (χ1n) is 13.5. The number of carbonyl (C=O) groups excluding carboxylic acids is 2. The maximum atomic E-state index is 12.7. The summed E-state index contributed by atoms with van der Waals surface area (Å²) in [5.41, 5.74) is 1.56. The number of ether oxygens (including phenoxy) is 2. The predicted octanol–water partition coefficient (Wildman–Crippen LogP) is 7.60. The van der Waals surface area contributed by atoms with E-state index in [-0.39, 0.29) is 17.9 Å². The highest BCUT2D eigenvalue weighted by molar-refractivity contribution is 7.99. The van der Waals surface area contributed by atoms with Crippen molar-refractivity contribution in [3.05, 3.63) is 132 Å². The summed E-state index contributed by atoms with van der Waals surface area (Å²) in [4.78, 5) is 37.1. The fraction of sp³-hybridized carbons (Fsp3) is 0.0882. The summed E-state index contributed by atoms with van der Waals surface area (Å²) < 4.78 is 11.2. The van der Waals surface area contributed by atoms with Crippen LogP contribution in [0.2, 0.25) is 0 Å². The Morgan fingerprint density at radius 3 is 2.23 bits per heavy atom.